The highest BCUT2D eigenvalue weighted by atomic mass is 16.6. The number of amides is 1. The van der Waals surface area contributed by atoms with Crippen LogP contribution in [0.4, 0.5) is 10.7 Å². The fourth-order valence-corrected chi connectivity index (χ4v) is 3.80. The number of aryl methyl sites for hydroxylation is 1. The lowest BCUT2D eigenvalue weighted by Crippen LogP contribution is -2.33. The monoisotopic (exact) mass is 487 g/mol. The van der Waals surface area contributed by atoms with Gasteiger partial charge in [-0.2, -0.15) is 0 Å². The molecule has 0 unspecified atom stereocenters. The van der Waals surface area contributed by atoms with E-state index in [9.17, 15) is 4.79 Å². The minimum atomic E-state index is -0.483. The van der Waals surface area contributed by atoms with Crippen molar-refractivity contribution in [2.24, 2.45) is 0 Å². The number of fused-ring (bicyclic) bond motifs is 1. The van der Waals surface area contributed by atoms with Crippen LogP contribution in [0, 0.1) is 6.92 Å². The van der Waals surface area contributed by atoms with Crippen LogP contribution in [0.15, 0.2) is 54.9 Å². The van der Waals surface area contributed by atoms with Crippen LogP contribution in [0.5, 0.6) is 0 Å². The lowest BCUT2D eigenvalue weighted by Gasteiger charge is -2.19. The van der Waals surface area contributed by atoms with E-state index in [2.05, 4.69) is 15.6 Å². The van der Waals surface area contributed by atoms with Crippen LogP contribution < -0.4 is 10.6 Å². The van der Waals surface area contributed by atoms with Crippen LogP contribution in [-0.2, 0) is 4.74 Å². The van der Waals surface area contributed by atoms with Gasteiger partial charge in [0.25, 0.3) is 0 Å². The smallest absolute Gasteiger partial charge is 0.407 e. The van der Waals surface area contributed by atoms with Crippen LogP contribution in [-0.4, -0.2) is 49.1 Å². The Kier molecular flexibility index (Phi) is 7.77. The topological polar surface area (TPSA) is 106 Å². The summed E-state index contributed by atoms with van der Waals surface area (Å²) in [6.45, 7) is 8.85. The molecule has 0 aliphatic rings. The van der Waals surface area contributed by atoms with Crippen molar-refractivity contribution in [1.82, 2.24) is 29.7 Å². The molecule has 4 rings (SSSR count). The third-order valence-electron chi connectivity index (χ3n) is 5.36. The van der Waals surface area contributed by atoms with Gasteiger partial charge in [0.1, 0.15) is 22.6 Å². The Labute approximate surface area is 211 Å². The molecule has 36 heavy (non-hydrogen) atoms. The van der Waals surface area contributed by atoms with Crippen molar-refractivity contribution in [1.29, 1.82) is 0 Å². The average molecular weight is 488 g/mol. The molecular formula is C27H33N7O2. The molecule has 0 saturated carbocycles. The molecule has 2 N–H and O–H groups in total. The fourth-order valence-electron chi connectivity index (χ4n) is 3.80. The summed E-state index contributed by atoms with van der Waals surface area (Å²) in [7, 11) is 0. The number of alkyl carbamates (subject to hydrolysis) is 1. The Bertz CT molecular complexity index is 1330. The number of imidazole rings is 1. The molecule has 0 atom stereocenters. The highest BCUT2D eigenvalue weighted by Crippen LogP contribution is 2.31. The summed E-state index contributed by atoms with van der Waals surface area (Å²) in [5.74, 6) is 0.563. The molecule has 0 aromatic carbocycles. The van der Waals surface area contributed by atoms with E-state index in [0.717, 1.165) is 59.9 Å². The number of hydrogen-bond donors (Lipinski definition) is 2. The summed E-state index contributed by atoms with van der Waals surface area (Å²) in [6.07, 6.45) is 6.12. The van der Waals surface area contributed by atoms with Gasteiger partial charge in [-0.1, -0.05) is 12.1 Å². The standard InChI is InChI=1S/C27H33N7O2/c1-19-11-10-12-20(31-19)23-24(34-18-9-6-13-22(34)33-23)21-14-17-29-25(32-21)28-15-7-5-8-16-30-26(35)36-27(2,3)4/h6,9-14,17-18H,5,7-8,15-16H2,1-4H3,(H,30,35)(H,28,29,32). The molecule has 0 fully saturated rings. The van der Waals surface area contributed by atoms with Crippen LogP contribution in [0.3, 0.4) is 0 Å². The number of ether oxygens (including phenoxy) is 1. The van der Waals surface area contributed by atoms with Crippen molar-refractivity contribution in [2.45, 2.75) is 52.6 Å². The SMILES string of the molecule is Cc1cccc(-c2nc3ccccn3c2-c2ccnc(NCCCCCNC(=O)OC(C)(C)C)n2)n1. The number of carbonyl (C=O) groups excluding carboxylic acids is 1. The first-order valence-electron chi connectivity index (χ1n) is 12.3. The van der Waals surface area contributed by atoms with E-state index in [1.54, 1.807) is 6.20 Å². The molecule has 9 nitrogen and oxygen atoms in total. The normalized spacial score (nSPS) is 11.4. The molecule has 188 valence electrons. The summed E-state index contributed by atoms with van der Waals surface area (Å²) in [5, 5.41) is 6.10. The molecule has 4 aromatic rings. The van der Waals surface area contributed by atoms with Crippen LogP contribution in [0.1, 0.15) is 45.7 Å². The Balaban J connectivity index is 1.39. The molecule has 4 heterocycles. The second-order valence-corrected chi connectivity index (χ2v) is 9.58. The van der Waals surface area contributed by atoms with Crippen LogP contribution in [0.25, 0.3) is 28.4 Å². The number of nitrogens with zero attached hydrogens (tertiary/aromatic N) is 5. The number of nitrogens with one attached hydrogen (secondary N) is 2. The first-order valence-corrected chi connectivity index (χ1v) is 12.3. The first-order chi connectivity index (χ1) is 17.3. The molecule has 0 saturated heterocycles. The summed E-state index contributed by atoms with van der Waals surface area (Å²) >= 11 is 0. The highest BCUT2D eigenvalue weighted by Gasteiger charge is 2.18. The van der Waals surface area contributed by atoms with Crippen molar-refractivity contribution >= 4 is 17.7 Å². The zero-order valence-electron chi connectivity index (χ0n) is 21.3. The van der Waals surface area contributed by atoms with Gasteiger partial charge in [0.2, 0.25) is 5.95 Å². The third kappa shape index (κ3) is 6.56. The fraction of sp³-hybridized carbons (Fsp3) is 0.370. The van der Waals surface area contributed by atoms with Crippen molar-refractivity contribution in [3.63, 3.8) is 0 Å². The molecular weight excluding hydrogens is 454 g/mol. The molecule has 0 bridgehead atoms. The van der Waals surface area contributed by atoms with Crippen molar-refractivity contribution in [2.75, 3.05) is 18.4 Å². The second kappa shape index (κ2) is 11.2. The van der Waals surface area contributed by atoms with E-state index in [-0.39, 0.29) is 6.09 Å². The summed E-state index contributed by atoms with van der Waals surface area (Å²) in [6, 6.07) is 13.7. The van der Waals surface area contributed by atoms with E-state index in [4.69, 9.17) is 19.7 Å². The second-order valence-electron chi connectivity index (χ2n) is 9.58. The predicted octanol–water partition coefficient (Wildman–Crippen LogP) is 5.27. The largest absolute Gasteiger partial charge is 0.444 e. The maximum Gasteiger partial charge on any atom is 0.407 e. The Morgan fingerprint density at radius 3 is 2.58 bits per heavy atom. The molecule has 9 heteroatoms. The number of rotatable bonds is 9. The maximum atomic E-state index is 11.7. The minimum Gasteiger partial charge on any atom is -0.444 e. The number of pyridine rings is 2. The van der Waals surface area contributed by atoms with Crippen molar-refractivity contribution in [3.05, 3.63) is 60.6 Å². The van der Waals surface area contributed by atoms with E-state index in [1.807, 2.05) is 80.8 Å². The third-order valence-corrected chi connectivity index (χ3v) is 5.36. The van der Waals surface area contributed by atoms with Gasteiger partial charge >= 0.3 is 6.09 Å². The highest BCUT2D eigenvalue weighted by molar-refractivity contribution is 5.79. The van der Waals surface area contributed by atoms with Crippen LogP contribution >= 0.6 is 0 Å². The zero-order chi connectivity index (χ0) is 25.5. The lowest BCUT2D eigenvalue weighted by atomic mass is 10.1. The van der Waals surface area contributed by atoms with E-state index < -0.39 is 5.60 Å². The number of carbonyl (C=O) groups is 1. The minimum absolute atomic E-state index is 0.376. The summed E-state index contributed by atoms with van der Waals surface area (Å²) < 4.78 is 7.28. The van der Waals surface area contributed by atoms with Gasteiger partial charge in [-0.05, 0) is 77.3 Å². The number of unbranched alkanes of at least 4 members (excludes halogenated alkanes) is 2. The number of aromatic nitrogens is 5. The molecule has 1 amide bonds. The van der Waals surface area contributed by atoms with Gasteiger partial charge in [-0.15, -0.1) is 0 Å². The van der Waals surface area contributed by atoms with Gasteiger partial charge < -0.3 is 15.4 Å². The van der Waals surface area contributed by atoms with E-state index in [0.29, 0.717) is 12.5 Å². The van der Waals surface area contributed by atoms with E-state index >= 15 is 0 Å². The molecule has 0 aliphatic heterocycles. The number of hydrogen-bond acceptors (Lipinski definition) is 7. The van der Waals surface area contributed by atoms with Gasteiger partial charge in [0, 0.05) is 31.2 Å². The average Bonchev–Trinajstić information content (AvgIpc) is 3.22. The lowest BCUT2D eigenvalue weighted by molar-refractivity contribution is 0.0527. The summed E-state index contributed by atoms with van der Waals surface area (Å²) in [5.41, 5.74) is 4.52. The molecule has 0 aliphatic carbocycles. The predicted molar refractivity (Wildman–Crippen MR) is 141 cm³/mol. The molecule has 0 radical (unpaired) electrons. The van der Waals surface area contributed by atoms with Crippen LogP contribution in [0.2, 0.25) is 0 Å². The molecule has 0 spiro atoms. The van der Waals surface area contributed by atoms with Gasteiger partial charge in [-0.25, -0.2) is 19.7 Å². The molecule has 4 aromatic heterocycles. The Morgan fingerprint density at radius 2 is 1.78 bits per heavy atom. The number of anilines is 1. The van der Waals surface area contributed by atoms with Gasteiger partial charge in [-0.3, -0.25) is 9.38 Å². The summed E-state index contributed by atoms with van der Waals surface area (Å²) in [4.78, 5) is 30.4. The Hall–Kier alpha value is -4.01. The van der Waals surface area contributed by atoms with Crippen molar-refractivity contribution in [3.8, 4) is 22.8 Å². The van der Waals surface area contributed by atoms with Gasteiger partial charge in [0.05, 0.1) is 11.4 Å². The zero-order valence-corrected chi connectivity index (χ0v) is 21.3. The maximum absolute atomic E-state index is 11.7. The Morgan fingerprint density at radius 1 is 0.944 bits per heavy atom. The van der Waals surface area contributed by atoms with Crippen molar-refractivity contribution < 1.29 is 9.53 Å². The first kappa shape index (κ1) is 25.1. The quantitative estimate of drug-likeness (QED) is 0.310. The van der Waals surface area contributed by atoms with E-state index in [1.165, 1.54) is 0 Å². The van der Waals surface area contributed by atoms with Gasteiger partial charge in [0.15, 0.2) is 0 Å².